The molecule has 2 aliphatic carbocycles. The van der Waals surface area contributed by atoms with E-state index in [1.54, 1.807) is 24.8 Å². The summed E-state index contributed by atoms with van der Waals surface area (Å²) in [6.45, 7) is 0. The topological polar surface area (TPSA) is 157 Å². The number of hydrogen-bond acceptors (Lipinski definition) is 8. The molecule has 0 atom stereocenters. The molecule has 0 saturated heterocycles. The predicted octanol–water partition coefficient (Wildman–Crippen LogP) is 3.91. The Morgan fingerprint density at radius 3 is 1.39 bits per heavy atom. The molecule has 2 aliphatic rings. The van der Waals surface area contributed by atoms with Gasteiger partial charge in [-0.1, -0.05) is 0 Å². The summed E-state index contributed by atoms with van der Waals surface area (Å²) in [5.41, 5.74) is 6.79. The molecule has 5 aromatic heterocycles. The quantitative estimate of drug-likeness (QED) is 0.291. The summed E-state index contributed by atoms with van der Waals surface area (Å²) in [6.07, 6.45) is 6.78. The Bertz CT molecular complexity index is 2000. The van der Waals surface area contributed by atoms with Crippen molar-refractivity contribution < 1.29 is 0 Å². The molecule has 0 amide bonds. The summed E-state index contributed by atoms with van der Waals surface area (Å²) in [4.78, 5) is 18.6. The van der Waals surface area contributed by atoms with Crippen LogP contribution in [-0.2, 0) is 14.1 Å². The van der Waals surface area contributed by atoms with E-state index in [1.165, 1.54) is 0 Å². The Balaban J connectivity index is 1.70. The largest absolute Gasteiger partial charge is 0.343 e. The Morgan fingerprint density at radius 1 is 0.632 bits per heavy atom. The van der Waals surface area contributed by atoms with Crippen molar-refractivity contribution in [2.24, 2.45) is 14.1 Å². The average Bonchev–Trinajstić information content (AvgIpc) is 3.63. The minimum atomic E-state index is -0.0820. The number of nitrogens with zero attached hydrogens (tertiary/aromatic N) is 10. The minimum Gasteiger partial charge on any atom is -0.343 e. The highest BCUT2D eigenvalue weighted by molar-refractivity contribution is 6.15. The third kappa shape index (κ3) is 2.31. The summed E-state index contributed by atoms with van der Waals surface area (Å²) in [7, 11) is 3.72. The van der Waals surface area contributed by atoms with Crippen molar-refractivity contribution in [1.82, 2.24) is 29.1 Å². The Kier molecular flexibility index (Phi) is 4.02. The lowest BCUT2D eigenvalue weighted by Gasteiger charge is -2.10. The summed E-state index contributed by atoms with van der Waals surface area (Å²) in [5, 5.41) is 41.1. The number of pyridine rings is 2. The van der Waals surface area contributed by atoms with Crippen LogP contribution < -0.4 is 0 Å². The first-order chi connectivity index (χ1) is 18.5. The van der Waals surface area contributed by atoms with E-state index in [-0.39, 0.29) is 11.1 Å². The van der Waals surface area contributed by atoms with Crippen LogP contribution >= 0.6 is 0 Å². The molecular formula is C28H12N10. The van der Waals surface area contributed by atoms with E-state index in [4.69, 9.17) is 9.97 Å². The van der Waals surface area contributed by atoms with Gasteiger partial charge in [0.25, 0.3) is 0 Å². The highest BCUT2D eigenvalue weighted by Gasteiger charge is 2.41. The standard InChI is InChI=1S/C28H12N10/c1-37-17-3-5-33-11-15(17)21-25-23(19(27(21)37)13(7-29)8-30)35-26-22-16-12-34-6-4-18(16)38(2)28(22)20(24(26)36-25)14(9-31)10-32/h3-6,11-12H,1-2H3. The van der Waals surface area contributed by atoms with Crippen molar-refractivity contribution in [3.63, 3.8) is 0 Å². The number of aromatic nitrogens is 6. The lowest BCUT2D eigenvalue weighted by atomic mass is 10.1. The maximum absolute atomic E-state index is 9.89. The van der Waals surface area contributed by atoms with Crippen LogP contribution in [0.4, 0.5) is 0 Å². The molecule has 0 spiro atoms. The van der Waals surface area contributed by atoms with E-state index in [1.807, 2.05) is 59.6 Å². The highest BCUT2D eigenvalue weighted by Crippen LogP contribution is 2.53. The second-order valence-corrected chi connectivity index (χ2v) is 8.92. The van der Waals surface area contributed by atoms with E-state index in [0.717, 1.165) is 21.8 Å². The van der Waals surface area contributed by atoms with Crippen molar-refractivity contribution in [2.75, 3.05) is 0 Å². The summed E-state index contributed by atoms with van der Waals surface area (Å²) < 4.78 is 3.82. The van der Waals surface area contributed by atoms with Crippen LogP contribution in [0.15, 0.2) is 48.1 Å². The van der Waals surface area contributed by atoms with E-state index < -0.39 is 0 Å². The number of aryl methyl sites for hydroxylation is 2. The third-order valence-electron chi connectivity index (χ3n) is 7.27. The second kappa shape index (κ2) is 7.21. The molecule has 0 saturated carbocycles. The van der Waals surface area contributed by atoms with Crippen LogP contribution in [-0.4, -0.2) is 29.1 Å². The lowest BCUT2D eigenvalue weighted by molar-refractivity contribution is 0.949. The van der Waals surface area contributed by atoms with Crippen molar-refractivity contribution in [2.45, 2.75) is 0 Å². The fourth-order valence-corrected chi connectivity index (χ4v) is 5.74. The number of allylic oxidation sites excluding steroid dienone is 2. The van der Waals surface area contributed by atoms with Crippen LogP contribution in [0.5, 0.6) is 0 Å². The molecule has 7 rings (SSSR count). The Morgan fingerprint density at radius 2 is 1.03 bits per heavy atom. The number of rotatable bonds is 0. The zero-order chi connectivity index (χ0) is 26.3. The fraction of sp³-hybridized carbons (Fsp3) is 0.0714. The normalized spacial score (nSPS) is 12.3. The number of fused-ring (bicyclic) bond motifs is 10. The van der Waals surface area contributed by atoms with Crippen LogP contribution in [0.3, 0.4) is 0 Å². The van der Waals surface area contributed by atoms with Gasteiger partial charge in [-0.15, -0.1) is 0 Å². The summed E-state index contributed by atoms with van der Waals surface area (Å²) in [6, 6.07) is 11.8. The van der Waals surface area contributed by atoms with Crippen LogP contribution in [0.2, 0.25) is 0 Å². The van der Waals surface area contributed by atoms with Gasteiger partial charge in [0.05, 0.1) is 33.6 Å². The van der Waals surface area contributed by atoms with Crippen LogP contribution in [0.25, 0.3) is 55.5 Å². The maximum Gasteiger partial charge on any atom is 0.141 e. The van der Waals surface area contributed by atoms with Crippen LogP contribution in [0.1, 0.15) is 22.8 Å². The second-order valence-electron chi connectivity index (χ2n) is 8.92. The van der Waals surface area contributed by atoms with Crippen molar-refractivity contribution >= 4 is 33.0 Å². The van der Waals surface area contributed by atoms with Crippen molar-refractivity contribution in [1.29, 1.82) is 21.0 Å². The van der Waals surface area contributed by atoms with Gasteiger partial charge < -0.3 is 9.13 Å². The van der Waals surface area contributed by atoms with Gasteiger partial charge in [-0.05, 0) is 12.1 Å². The molecule has 0 N–H and O–H groups in total. The maximum atomic E-state index is 9.89. The van der Waals surface area contributed by atoms with E-state index >= 15 is 0 Å². The third-order valence-corrected chi connectivity index (χ3v) is 7.27. The molecule has 0 fully saturated rings. The van der Waals surface area contributed by atoms with E-state index in [0.29, 0.717) is 56.4 Å². The van der Waals surface area contributed by atoms with Gasteiger partial charge in [-0.25, -0.2) is 9.97 Å². The first-order valence-electron chi connectivity index (χ1n) is 11.4. The van der Waals surface area contributed by atoms with Gasteiger partial charge in [0.1, 0.15) is 58.2 Å². The highest BCUT2D eigenvalue weighted by atomic mass is 15.0. The molecule has 174 valence electrons. The molecule has 0 bridgehead atoms. The van der Waals surface area contributed by atoms with Crippen molar-refractivity contribution in [3.05, 3.63) is 70.8 Å². The fourth-order valence-electron chi connectivity index (χ4n) is 5.74. The predicted molar refractivity (Wildman–Crippen MR) is 136 cm³/mol. The number of hydrogen-bond donors (Lipinski definition) is 0. The molecule has 0 radical (unpaired) electrons. The van der Waals surface area contributed by atoms with E-state index in [2.05, 4.69) is 9.97 Å². The molecule has 10 nitrogen and oxygen atoms in total. The van der Waals surface area contributed by atoms with Gasteiger partial charge in [0.15, 0.2) is 0 Å². The molecule has 0 unspecified atom stereocenters. The smallest absolute Gasteiger partial charge is 0.141 e. The Labute approximate surface area is 214 Å². The zero-order valence-corrected chi connectivity index (χ0v) is 19.9. The lowest BCUT2D eigenvalue weighted by Crippen LogP contribution is -2.02. The first kappa shape index (κ1) is 21.2. The Hall–Kier alpha value is -6.10. The van der Waals surface area contributed by atoms with E-state index in [9.17, 15) is 21.0 Å². The van der Waals surface area contributed by atoms with Gasteiger partial charge in [-0.2, -0.15) is 21.0 Å². The SMILES string of the molecule is Cn1c2c(c3cnccc31)-c1nc3c(nc1C2=C(C#N)C#N)-c1c(n(C)c2ccncc12)C3=C(C#N)C#N. The van der Waals surface area contributed by atoms with Crippen LogP contribution in [0, 0.1) is 45.3 Å². The van der Waals surface area contributed by atoms with Gasteiger partial charge in [0.2, 0.25) is 0 Å². The first-order valence-corrected chi connectivity index (χ1v) is 11.4. The van der Waals surface area contributed by atoms with Gasteiger partial charge in [0, 0.05) is 60.8 Å². The van der Waals surface area contributed by atoms with Gasteiger partial charge in [-0.3, -0.25) is 9.97 Å². The molecular weight excluding hydrogens is 476 g/mol. The molecule has 5 aromatic rings. The van der Waals surface area contributed by atoms with Crippen molar-refractivity contribution in [3.8, 4) is 46.8 Å². The molecule has 5 heterocycles. The molecule has 0 aliphatic heterocycles. The number of nitriles is 4. The summed E-state index contributed by atoms with van der Waals surface area (Å²) in [5.74, 6) is 0. The molecule has 38 heavy (non-hydrogen) atoms. The minimum absolute atomic E-state index is 0.0820. The zero-order valence-electron chi connectivity index (χ0n) is 19.9. The monoisotopic (exact) mass is 488 g/mol. The molecule has 10 heteroatoms. The summed E-state index contributed by atoms with van der Waals surface area (Å²) >= 11 is 0. The average molecular weight is 488 g/mol. The van der Waals surface area contributed by atoms with Gasteiger partial charge >= 0.3 is 0 Å². The molecule has 0 aromatic carbocycles.